The molecule has 1 aliphatic heterocycles. The van der Waals surface area contributed by atoms with Crippen molar-refractivity contribution in [3.05, 3.63) is 0 Å². The third-order valence-electron chi connectivity index (χ3n) is 5.40. The monoisotopic (exact) mass is 268 g/mol. The number of ether oxygens (including phenoxy) is 1. The molecule has 2 N–H and O–H groups in total. The lowest BCUT2D eigenvalue weighted by molar-refractivity contribution is -0.124. The minimum absolute atomic E-state index is 0.212. The summed E-state index contributed by atoms with van der Waals surface area (Å²) >= 11 is 0. The number of nitrogens with zero attached hydrogens (tertiary/aromatic N) is 1. The van der Waals surface area contributed by atoms with Gasteiger partial charge in [-0.25, -0.2) is 0 Å². The van der Waals surface area contributed by atoms with Crippen molar-refractivity contribution in [3.63, 3.8) is 0 Å². The van der Waals surface area contributed by atoms with Gasteiger partial charge in [0.05, 0.1) is 12.7 Å². The van der Waals surface area contributed by atoms with E-state index in [1.807, 2.05) is 0 Å². The topological polar surface area (TPSA) is 38.5 Å². The lowest BCUT2D eigenvalue weighted by Crippen LogP contribution is -2.67. The predicted molar refractivity (Wildman–Crippen MR) is 80.2 cm³/mol. The Balaban J connectivity index is 2.27. The predicted octanol–water partition coefficient (Wildman–Crippen LogP) is 2.64. The smallest absolute Gasteiger partial charge is 0.0675 e. The quantitative estimate of drug-likeness (QED) is 0.855. The molecule has 0 spiro atoms. The average molecular weight is 268 g/mol. The summed E-state index contributed by atoms with van der Waals surface area (Å²) in [5, 5.41) is 0. The first-order chi connectivity index (χ1) is 9.01. The van der Waals surface area contributed by atoms with Gasteiger partial charge in [-0.3, -0.25) is 4.90 Å². The fourth-order valence-electron chi connectivity index (χ4n) is 4.45. The standard InChI is InChI=1S/C16H32N2O/c1-12(2)15-7-5-6-8-16(15,11-17)18-9-14(4)19-10-13(18)3/h12-15H,5-11,17H2,1-4H3. The van der Waals surface area contributed by atoms with Crippen molar-refractivity contribution >= 4 is 0 Å². The molecule has 0 amide bonds. The van der Waals surface area contributed by atoms with E-state index in [0.29, 0.717) is 18.1 Å². The Kier molecular flexibility index (Phi) is 4.91. The Bertz CT molecular complexity index is 294. The van der Waals surface area contributed by atoms with Gasteiger partial charge in [-0.1, -0.05) is 26.7 Å². The van der Waals surface area contributed by atoms with Gasteiger partial charge in [-0.2, -0.15) is 0 Å². The van der Waals surface area contributed by atoms with Crippen LogP contribution in [0.15, 0.2) is 0 Å². The van der Waals surface area contributed by atoms with Gasteiger partial charge in [0, 0.05) is 24.7 Å². The van der Waals surface area contributed by atoms with Gasteiger partial charge >= 0.3 is 0 Å². The van der Waals surface area contributed by atoms with Crippen molar-refractivity contribution in [3.8, 4) is 0 Å². The molecule has 4 unspecified atom stereocenters. The molecule has 0 aromatic heterocycles. The van der Waals surface area contributed by atoms with Gasteiger partial charge < -0.3 is 10.5 Å². The molecule has 19 heavy (non-hydrogen) atoms. The summed E-state index contributed by atoms with van der Waals surface area (Å²) in [6.45, 7) is 11.9. The summed E-state index contributed by atoms with van der Waals surface area (Å²) in [5.74, 6) is 1.45. The number of rotatable bonds is 3. The first kappa shape index (κ1) is 15.3. The molecule has 0 aromatic carbocycles. The molecule has 0 aromatic rings. The van der Waals surface area contributed by atoms with E-state index in [4.69, 9.17) is 10.5 Å². The van der Waals surface area contributed by atoms with E-state index in [1.54, 1.807) is 0 Å². The molecule has 3 heteroatoms. The normalized spacial score (nSPS) is 41.7. The van der Waals surface area contributed by atoms with Crippen LogP contribution in [0.2, 0.25) is 0 Å². The van der Waals surface area contributed by atoms with Gasteiger partial charge in [0.15, 0.2) is 0 Å². The van der Waals surface area contributed by atoms with Crippen LogP contribution in [0.1, 0.15) is 53.4 Å². The van der Waals surface area contributed by atoms with E-state index in [1.165, 1.54) is 25.7 Å². The van der Waals surface area contributed by atoms with Crippen LogP contribution in [-0.2, 0) is 4.74 Å². The van der Waals surface area contributed by atoms with Crippen LogP contribution in [0.25, 0.3) is 0 Å². The second kappa shape index (κ2) is 6.11. The molecule has 1 aliphatic carbocycles. The summed E-state index contributed by atoms with van der Waals surface area (Å²) in [6, 6.07) is 0.499. The van der Waals surface area contributed by atoms with Gasteiger partial charge in [-0.05, 0) is 38.5 Å². The van der Waals surface area contributed by atoms with Gasteiger partial charge in [0.1, 0.15) is 0 Å². The largest absolute Gasteiger partial charge is 0.376 e. The Hall–Kier alpha value is -0.120. The van der Waals surface area contributed by atoms with Crippen LogP contribution in [0, 0.1) is 11.8 Å². The molecule has 1 heterocycles. The maximum atomic E-state index is 6.32. The van der Waals surface area contributed by atoms with E-state index >= 15 is 0 Å². The molecule has 1 saturated carbocycles. The first-order valence-corrected chi connectivity index (χ1v) is 8.09. The molecule has 0 radical (unpaired) electrons. The van der Waals surface area contributed by atoms with E-state index in [0.717, 1.165) is 25.6 Å². The third-order valence-corrected chi connectivity index (χ3v) is 5.40. The van der Waals surface area contributed by atoms with Crippen molar-refractivity contribution in [1.29, 1.82) is 0 Å². The number of morpholine rings is 1. The SMILES string of the molecule is CC1CN(C2(CN)CCCCC2C(C)C)C(C)CO1. The number of nitrogens with two attached hydrogens (primary N) is 1. The maximum Gasteiger partial charge on any atom is 0.0675 e. The molecule has 4 atom stereocenters. The lowest BCUT2D eigenvalue weighted by Gasteiger charge is -2.56. The Morgan fingerprint density at radius 2 is 2.05 bits per heavy atom. The van der Waals surface area contributed by atoms with E-state index in [-0.39, 0.29) is 5.54 Å². The summed E-state index contributed by atoms with van der Waals surface area (Å²) in [5.41, 5.74) is 6.53. The Labute approximate surface area is 118 Å². The number of hydrogen-bond donors (Lipinski definition) is 1. The Morgan fingerprint density at radius 3 is 2.68 bits per heavy atom. The highest BCUT2D eigenvalue weighted by Gasteiger charge is 2.48. The fraction of sp³-hybridized carbons (Fsp3) is 1.00. The third kappa shape index (κ3) is 2.84. The van der Waals surface area contributed by atoms with Crippen molar-refractivity contribution in [2.45, 2.75) is 71.1 Å². The highest BCUT2D eigenvalue weighted by atomic mass is 16.5. The molecule has 3 nitrogen and oxygen atoms in total. The molecular weight excluding hydrogens is 236 g/mol. The minimum atomic E-state index is 0.212. The van der Waals surface area contributed by atoms with Gasteiger partial charge in [-0.15, -0.1) is 0 Å². The zero-order chi connectivity index (χ0) is 14.0. The Morgan fingerprint density at radius 1 is 1.32 bits per heavy atom. The highest BCUT2D eigenvalue weighted by Crippen LogP contribution is 2.43. The van der Waals surface area contributed by atoms with Crippen LogP contribution in [0.3, 0.4) is 0 Å². The van der Waals surface area contributed by atoms with E-state index in [2.05, 4.69) is 32.6 Å². The maximum absolute atomic E-state index is 6.32. The van der Waals surface area contributed by atoms with Gasteiger partial charge in [0.2, 0.25) is 0 Å². The molecule has 0 bridgehead atoms. The molecule has 2 fully saturated rings. The molecule has 112 valence electrons. The lowest BCUT2D eigenvalue weighted by atomic mass is 9.66. The van der Waals surface area contributed by atoms with Crippen LogP contribution in [0.4, 0.5) is 0 Å². The van der Waals surface area contributed by atoms with Crippen LogP contribution >= 0.6 is 0 Å². The van der Waals surface area contributed by atoms with Gasteiger partial charge in [0.25, 0.3) is 0 Å². The van der Waals surface area contributed by atoms with Crippen LogP contribution in [-0.4, -0.2) is 42.3 Å². The summed E-state index contributed by atoms with van der Waals surface area (Å²) in [6.07, 6.45) is 5.66. The molecule has 1 saturated heterocycles. The highest BCUT2D eigenvalue weighted by molar-refractivity contribution is 5.03. The molecular formula is C16H32N2O. The minimum Gasteiger partial charge on any atom is -0.376 e. The summed E-state index contributed by atoms with van der Waals surface area (Å²) in [7, 11) is 0. The average Bonchev–Trinajstić information content (AvgIpc) is 2.41. The van der Waals surface area contributed by atoms with Crippen LogP contribution in [0.5, 0.6) is 0 Å². The van der Waals surface area contributed by atoms with Crippen LogP contribution < -0.4 is 5.73 Å². The zero-order valence-electron chi connectivity index (χ0n) is 13.2. The second-order valence-electron chi connectivity index (χ2n) is 7.05. The second-order valence-corrected chi connectivity index (χ2v) is 7.05. The molecule has 2 aliphatic rings. The van der Waals surface area contributed by atoms with Crippen molar-refractivity contribution in [2.24, 2.45) is 17.6 Å². The number of hydrogen-bond acceptors (Lipinski definition) is 3. The molecule has 2 rings (SSSR count). The van der Waals surface area contributed by atoms with E-state index in [9.17, 15) is 0 Å². The van der Waals surface area contributed by atoms with Crippen molar-refractivity contribution in [2.75, 3.05) is 19.7 Å². The first-order valence-electron chi connectivity index (χ1n) is 8.09. The van der Waals surface area contributed by atoms with E-state index < -0.39 is 0 Å². The fourth-order valence-corrected chi connectivity index (χ4v) is 4.45. The summed E-state index contributed by atoms with van der Waals surface area (Å²) in [4.78, 5) is 2.70. The zero-order valence-corrected chi connectivity index (χ0v) is 13.2. The summed E-state index contributed by atoms with van der Waals surface area (Å²) < 4.78 is 5.81. The van der Waals surface area contributed by atoms with Crippen molar-refractivity contribution < 1.29 is 4.74 Å². The van der Waals surface area contributed by atoms with Crippen molar-refractivity contribution in [1.82, 2.24) is 4.90 Å².